The van der Waals surface area contributed by atoms with Crippen LogP contribution in [-0.4, -0.2) is 55.6 Å². The van der Waals surface area contributed by atoms with Gasteiger partial charge in [-0.15, -0.1) is 11.3 Å². The van der Waals surface area contributed by atoms with Crippen LogP contribution in [0.2, 0.25) is 0 Å². The average molecular weight is 383 g/mol. The van der Waals surface area contributed by atoms with Crippen molar-refractivity contribution in [1.82, 2.24) is 15.5 Å². The molecule has 1 aromatic heterocycles. The van der Waals surface area contributed by atoms with Gasteiger partial charge >= 0.3 is 0 Å². The van der Waals surface area contributed by atoms with Crippen molar-refractivity contribution < 1.29 is 0 Å². The van der Waals surface area contributed by atoms with Gasteiger partial charge in [0.25, 0.3) is 0 Å². The molecule has 1 unspecified atom stereocenters. The molecule has 0 spiro atoms. The van der Waals surface area contributed by atoms with Crippen molar-refractivity contribution in [1.29, 1.82) is 0 Å². The van der Waals surface area contributed by atoms with Crippen LogP contribution in [0.5, 0.6) is 0 Å². The van der Waals surface area contributed by atoms with Gasteiger partial charge in [-0.2, -0.15) is 11.8 Å². The normalized spacial score (nSPS) is 19.1. The SMILES string of the molecule is CCNC(=NCC1CCCN(Cc2cccs2)C1)NCCCCSC. The Morgan fingerprint density at radius 2 is 2.32 bits per heavy atom. The summed E-state index contributed by atoms with van der Waals surface area (Å²) in [6.07, 6.45) is 7.25. The Morgan fingerprint density at radius 3 is 3.08 bits per heavy atom. The second-order valence-electron chi connectivity index (χ2n) is 6.67. The summed E-state index contributed by atoms with van der Waals surface area (Å²) in [5.74, 6) is 2.92. The van der Waals surface area contributed by atoms with E-state index < -0.39 is 0 Å². The molecule has 0 aliphatic carbocycles. The molecule has 1 fully saturated rings. The van der Waals surface area contributed by atoms with Crippen molar-refractivity contribution in [3.8, 4) is 0 Å². The molecule has 1 atom stereocenters. The topological polar surface area (TPSA) is 39.7 Å². The van der Waals surface area contributed by atoms with Crippen molar-refractivity contribution in [2.75, 3.05) is 44.7 Å². The fourth-order valence-electron chi connectivity index (χ4n) is 3.21. The molecule has 6 heteroatoms. The number of unbranched alkanes of at least 4 members (excludes halogenated alkanes) is 1. The third-order valence-corrected chi connectivity index (χ3v) is 6.04. The molecule has 1 aliphatic rings. The van der Waals surface area contributed by atoms with Crippen LogP contribution in [-0.2, 0) is 6.54 Å². The maximum atomic E-state index is 4.85. The van der Waals surface area contributed by atoms with E-state index in [-0.39, 0.29) is 0 Å². The lowest BCUT2D eigenvalue weighted by Crippen LogP contribution is -2.39. The maximum Gasteiger partial charge on any atom is 0.191 e. The quantitative estimate of drug-likeness (QED) is 0.368. The fourth-order valence-corrected chi connectivity index (χ4v) is 4.45. The van der Waals surface area contributed by atoms with E-state index in [4.69, 9.17) is 4.99 Å². The molecule has 2 rings (SSSR count). The van der Waals surface area contributed by atoms with Crippen LogP contribution in [0.25, 0.3) is 0 Å². The standard InChI is InChI=1S/C19H34N4S2/c1-3-20-19(21-10-4-5-12-24-2)22-14-17-8-6-11-23(15-17)16-18-9-7-13-25-18/h7,9,13,17H,3-6,8,10-12,14-16H2,1-2H3,(H2,20,21,22). The summed E-state index contributed by atoms with van der Waals surface area (Å²) in [5.41, 5.74) is 0. The lowest BCUT2D eigenvalue weighted by Gasteiger charge is -2.31. The van der Waals surface area contributed by atoms with Gasteiger partial charge in [-0.1, -0.05) is 6.07 Å². The average Bonchev–Trinajstić information content (AvgIpc) is 3.13. The molecule has 1 aliphatic heterocycles. The molecule has 25 heavy (non-hydrogen) atoms. The number of thiophene rings is 1. The van der Waals surface area contributed by atoms with Crippen molar-refractivity contribution in [3.63, 3.8) is 0 Å². The molecule has 1 saturated heterocycles. The predicted octanol–water partition coefficient (Wildman–Crippen LogP) is 3.66. The van der Waals surface area contributed by atoms with Crippen molar-refractivity contribution in [3.05, 3.63) is 22.4 Å². The van der Waals surface area contributed by atoms with Gasteiger partial charge in [0.2, 0.25) is 0 Å². The Bertz CT molecular complexity index is 476. The minimum Gasteiger partial charge on any atom is -0.357 e. The summed E-state index contributed by atoms with van der Waals surface area (Å²) in [4.78, 5) is 8.92. The van der Waals surface area contributed by atoms with Gasteiger partial charge in [0.15, 0.2) is 5.96 Å². The minimum absolute atomic E-state index is 0.681. The third kappa shape index (κ3) is 8.47. The zero-order chi connectivity index (χ0) is 17.7. The number of rotatable bonds is 10. The number of aliphatic imine (C=N–C) groups is 1. The molecule has 142 valence electrons. The second-order valence-corrected chi connectivity index (χ2v) is 8.69. The Kier molecular flexibility index (Phi) is 10.4. The third-order valence-electron chi connectivity index (χ3n) is 4.48. The van der Waals surface area contributed by atoms with E-state index >= 15 is 0 Å². The van der Waals surface area contributed by atoms with E-state index in [1.807, 2.05) is 23.1 Å². The van der Waals surface area contributed by atoms with Gasteiger partial charge < -0.3 is 10.6 Å². The molecular formula is C19H34N4S2. The Hall–Kier alpha value is -0.720. The van der Waals surface area contributed by atoms with E-state index in [2.05, 4.69) is 46.2 Å². The number of likely N-dealkylation sites (tertiary alicyclic amines) is 1. The lowest BCUT2D eigenvalue weighted by atomic mass is 9.98. The molecule has 4 nitrogen and oxygen atoms in total. The van der Waals surface area contributed by atoms with Crippen molar-refractivity contribution in [2.24, 2.45) is 10.9 Å². The molecule has 0 aromatic carbocycles. The molecule has 2 N–H and O–H groups in total. The van der Waals surface area contributed by atoms with Crippen LogP contribution < -0.4 is 10.6 Å². The van der Waals surface area contributed by atoms with E-state index in [0.717, 1.165) is 32.1 Å². The van der Waals surface area contributed by atoms with Crippen LogP contribution in [0, 0.1) is 5.92 Å². The molecule has 1 aromatic rings. The minimum atomic E-state index is 0.681. The van der Waals surface area contributed by atoms with E-state index in [1.54, 1.807) is 0 Å². The Balaban J connectivity index is 1.73. The van der Waals surface area contributed by atoms with Crippen molar-refractivity contribution in [2.45, 2.75) is 39.2 Å². The maximum absolute atomic E-state index is 4.85. The number of thioether (sulfide) groups is 1. The summed E-state index contributed by atoms with van der Waals surface area (Å²) in [5, 5.41) is 9.04. The summed E-state index contributed by atoms with van der Waals surface area (Å²) < 4.78 is 0. The number of hydrogen-bond acceptors (Lipinski definition) is 4. The number of nitrogens with zero attached hydrogens (tertiary/aromatic N) is 2. The first-order valence-electron chi connectivity index (χ1n) is 9.57. The van der Waals surface area contributed by atoms with Crippen LogP contribution in [0.1, 0.15) is 37.5 Å². The zero-order valence-corrected chi connectivity index (χ0v) is 17.4. The molecular weight excluding hydrogens is 348 g/mol. The molecule has 2 heterocycles. The molecule has 0 radical (unpaired) electrons. The summed E-state index contributed by atoms with van der Waals surface area (Å²) in [6.45, 7) is 8.51. The Labute approximate surface area is 161 Å². The largest absolute Gasteiger partial charge is 0.357 e. The first-order chi connectivity index (χ1) is 12.3. The highest BCUT2D eigenvalue weighted by atomic mass is 32.2. The number of piperidine rings is 1. The number of hydrogen-bond donors (Lipinski definition) is 2. The summed E-state index contributed by atoms with van der Waals surface area (Å²) >= 11 is 3.79. The highest BCUT2D eigenvalue weighted by molar-refractivity contribution is 7.98. The van der Waals surface area contributed by atoms with Crippen LogP contribution in [0.15, 0.2) is 22.5 Å². The van der Waals surface area contributed by atoms with Gasteiger partial charge in [0.1, 0.15) is 0 Å². The predicted molar refractivity (Wildman–Crippen MR) is 114 cm³/mol. The summed E-state index contributed by atoms with van der Waals surface area (Å²) in [7, 11) is 0. The first-order valence-corrected chi connectivity index (χ1v) is 11.8. The molecule has 0 bridgehead atoms. The van der Waals surface area contributed by atoms with Gasteiger partial charge in [-0.05, 0) is 68.5 Å². The monoisotopic (exact) mass is 382 g/mol. The summed E-state index contributed by atoms with van der Waals surface area (Å²) in [6, 6.07) is 4.40. The zero-order valence-electron chi connectivity index (χ0n) is 15.8. The van der Waals surface area contributed by atoms with Gasteiger partial charge in [-0.25, -0.2) is 0 Å². The fraction of sp³-hybridized carbons (Fsp3) is 0.737. The second kappa shape index (κ2) is 12.6. The highest BCUT2D eigenvalue weighted by Crippen LogP contribution is 2.20. The van der Waals surface area contributed by atoms with E-state index in [1.165, 1.54) is 49.4 Å². The number of nitrogens with one attached hydrogen (secondary N) is 2. The first kappa shape index (κ1) is 20.6. The van der Waals surface area contributed by atoms with Crippen LogP contribution in [0.4, 0.5) is 0 Å². The van der Waals surface area contributed by atoms with E-state index in [9.17, 15) is 0 Å². The lowest BCUT2D eigenvalue weighted by molar-refractivity contribution is 0.172. The molecule has 0 amide bonds. The van der Waals surface area contributed by atoms with Crippen LogP contribution >= 0.6 is 23.1 Å². The molecule has 0 saturated carbocycles. The van der Waals surface area contributed by atoms with Gasteiger partial charge in [-0.3, -0.25) is 9.89 Å². The van der Waals surface area contributed by atoms with Crippen molar-refractivity contribution >= 4 is 29.1 Å². The smallest absolute Gasteiger partial charge is 0.191 e. The Morgan fingerprint density at radius 1 is 1.40 bits per heavy atom. The van der Waals surface area contributed by atoms with Gasteiger partial charge in [0.05, 0.1) is 0 Å². The van der Waals surface area contributed by atoms with Crippen LogP contribution in [0.3, 0.4) is 0 Å². The van der Waals surface area contributed by atoms with E-state index in [0.29, 0.717) is 5.92 Å². The van der Waals surface area contributed by atoms with Gasteiger partial charge in [0, 0.05) is 37.6 Å². The highest BCUT2D eigenvalue weighted by Gasteiger charge is 2.20. The number of guanidine groups is 1.